The molecular formula is C17H19N3O2. The van der Waals surface area contributed by atoms with Crippen LogP contribution in [0.5, 0.6) is 0 Å². The molecule has 0 atom stereocenters. The zero-order chi connectivity index (χ0) is 15.5. The molecule has 0 aliphatic heterocycles. The van der Waals surface area contributed by atoms with Gasteiger partial charge in [0.15, 0.2) is 0 Å². The first-order valence-corrected chi connectivity index (χ1v) is 7.61. The third kappa shape index (κ3) is 3.08. The largest absolute Gasteiger partial charge is 0.326 e. The van der Waals surface area contributed by atoms with Crippen LogP contribution in [-0.2, 0) is 4.79 Å². The van der Waals surface area contributed by atoms with Crippen LogP contribution < -0.4 is 10.9 Å². The lowest BCUT2D eigenvalue weighted by Crippen LogP contribution is -2.20. The molecule has 0 radical (unpaired) electrons. The summed E-state index contributed by atoms with van der Waals surface area (Å²) in [6.45, 7) is 1.85. The summed E-state index contributed by atoms with van der Waals surface area (Å²) in [6, 6.07) is 9.07. The van der Waals surface area contributed by atoms with E-state index in [1.165, 1.54) is 6.07 Å². The standard InChI is InChI=1S/C17H19N3O2/c1-11-10-15(21)19-20-16(11)12-6-8-14(9-7-12)18-17(22)13-4-2-3-5-13/h6-10,13H,2-5H2,1H3,(H,18,22)(H,19,21). The number of amides is 1. The average molecular weight is 297 g/mol. The molecule has 114 valence electrons. The fourth-order valence-corrected chi connectivity index (χ4v) is 2.93. The number of nitrogens with zero attached hydrogens (tertiary/aromatic N) is 1. The van der Waals surface area contributed by atoms with Crippen LogP contribution in [0.25, 0.3) is 11.3 Å². The minimum atomic E-state index is -0.207. The number of carbonyl (C=O) groups excluding carboxylic acids is 1. The van der Waals surface area contributed by atoms with Gasteiger partial charge in [-0.2, -0.15) is 5.10 Å². The van der Waals surface area contributed by atoms with E-state index in [4.69, 9.17) is 0 Å². The topological polar surface area (TPSA) is 74.8 Å². The number of rotatable bonds is 3. The molecule has 22 heavy (non-hydrogen) atoms. The Hall–Kier alpha value is -2.43. The summed E-state index contributed by atoms with van der Waals surface area (Å²) in [5, 5.41) is 9.49. The van der Waals surface area contributed by atoms with E-state index in [0.717, 1.165) is 48.2 Å². The van der Waals surface area contributed by atoms with Crippen LogP contribution in [0.2, 0.25) is 0 Å². The normalized spacial score (nSPS) is 15.0. The molecule has 0 spiro atoms. The van der Waals surface area contributed by atoms with Crippen LogP contribution in [0, 0.1) is 12.8 Å². The monoisotopic (exact) mass is 297 g/mol. The van der Waals surface area contributed by atoms with E-state index >= 15 is 0 Å². The number of anilines is 1. The highest BCUT2D eigenvalue weighted by atomic mass is 16.2. The van der Waals surface area contributed by atoms with Crippen molar-refractivity contribution in [1.82, 2.24) is 10.2 Å². The Morgan fingerprint density at radius 2 is 1.91 bits per heavy atom. The van der Waals surface area contributed by atoms with Gasteiger partial charge in [0.1, 0.15) is 0 Å². The fourth-order valence-electron chi connectivity index (χ4n) is 2.93. The SMILES string of the molecule is Cc1cc(=O)[nH]nc1-c1ccc(NC(=O)C2CCCC2)cc1. The zero-order valence-corrected chi connectivity index (χ0v) is 12.6. The molecule has 0 unspecified atom stereocenters. The molecule has 1 amide bonds. The molecule has 2 N–H and O–H groups in total. The van der Waals surface area contributed by atoms with E-state index in [1.807, 2.05) is 31.2 Å². The summed E-state index contributed by atoms with van der Waals surface area (Å²) in [6.07, 6.45) is 4.27. The predicted molar refractivity (Wildman–Crippen MR) is 85.6 cm³/mol. The molecule has 1 aliphatic rings. The summed E-state index contributed by atoms with van der Waals surface area (Å²) in [5.41, 5.74) is 3.07. The van der Waals surface area contributed by atoms with Crippen LogP contribution in [0.4, 0.5) is 5.69 Å². The van der Waals surface area contributed by atoms with Gasteiger partial charge in [-0.05, 0) is 37.5 Å². The molecule has 3 rings (SSSR count). The molecule has 1 saturated carbocycles. The Kier molecular flexibility index (Phi) is 4.04. The second-order valence-corrected chi connectivity index (χ2v) is 5.81. The van der Waals surface area contributed by atoms with E-state index in [1.54, 1.807) is 0 Å². The summed E-state index contributed by atoms with van der Waals surface area (Å²) in [7, 11) is 0. The molecule has 1 aromatic heterocycles. The number of aromatic nitrogens is 2. The van der Waals surface area contributed by atoms with Crippen LogP contribution >= 0.6 is 0 Å². The van der Waals surface area contributed by atoms with E-state index < -0.39 is 0 Å². The van der Waals surface area contributed by atoms with Gasteiger partial charge in [0.05, 0.1) is 5.69 Å². The number of aromatic amines is 1. The average Bonchev–Trinajstić information content (AvgIpc) is 3.03. The van der Waals surface area contributed by atoms with Crippen molar-refractivity contribution in [3.05, 3.63) is 46.2 Å². The Balaban J connectivity index is 1.75. The second kappa shape index (κ2) is 6.13. The van der Waals surface area contributed by atoms with Crippen molar-refractivity contribution in [2.75, 3.05) is 5.32 Å². The predicted octanol–water partition coefficient (Wildman–Crippen LogP) is 2.87. The minimum absolute atomic E-state index is 0.114. The maximum absolute atomic E-state index is 12.1. The van der Waals surface area contributed by atoms with Gasteiger partial charge in [-0.1, -0.05) is 25.0 Å². The fraction of sp³-hybridized carbons (Fsp3) is 0.353. The van der Waals surface area contributed by atoms with Crippen LogP contribution in [0.1, 0.15) is 31.2 Å². The number of benzene rings is 1. The summed E-state index contributed by atoms with van der Waals surface area (Å²) in [5.74, 6) is 0.270. The van der Waals surface area contributed by atoms with Crippen molar-refractivity contribution < 1.29 is 4.79 Å². The lowest BCUT2D eigenvalue weighted by molar-refractivity contribution is -0.119. The molecule has 5 heteroatoms. The molecule has 1 aliphatic carbocycles. The van der Waals surface area contributed by atoms with Crippen molar-refractivity contribution in [2.45, 2.75) is 32.6 Å². The molecule has 0 bridgehead atoms. The van der Waals surface area contributed by atoms with Crippen molar-refractivity contribution in [1.29, 1.82) is 0 Å². The number of hydrogen-bond donors (Lipinski definition) is 2. The number of aryl methyl sites for hydroxylation is 1. The van der Waals surface area contributed by atoms with E-state index in [9.17, 15) is 9.59 Å². The molecular weight excluding hydrogens is 278 g/mol. The van der Waals surface area contributed by atoms with Crippen molar-refractivity contribution in [3.8, 4) is 11.3 Å². The highest BCUT2D eigenvalue weighted by molar-refractivity contribution is 5.92. The molecule has 1 fully saturated rings. The second-order valence-electron chi connectivity index (χ2n) is 5.81. The maximum atomic E-state index is 12.1. The van der Waals surface area contributed by atoms with E-state index in [0.29, 0.717) is 0 Å². The van der Waals surface area contributed by atoms with E-state index in [2.05, 4.69) is 15.5 Å². The first-order valence-electron chi connectivity index (χ1n) is 7.61. The maximum Gasteiger partial charge on any atom is 0.264 e. The van der Waals surface area contributed by atoms with Crippen molar-refractivity contribution in [3.63, 3.8) is 0 Å². The summed E-state index contributed by atoms with van der Waals surface area (Å²) in [4.78, 5) is 23.3. The van der Waals surface area contributed by atoms with E-state index in [-0.39, 0.29) is 17.4 Å². The van der Waals surface area contributed by atoms with Gasteiger partial charge in [0.25, 0.3) is 5.56 Å². The van der Waals surface area contributed by atoms with Gasteiger partial charge in [-0.15, -0.1) is 0 Å². The molecule has 0 saturated heterocycles. The number of H-pyrrole nitrogens is 1. The summed E-state index contributed by atoms with van der Waals surface area (Å²) < 4.78 is 0. The third-order valence-corrected chi connectivity index (χ3v) is 4.15. The molecule has 5 nitrogen and oxygen atoms in total. The van der Waals surface area contributed by atoms with Crippen LogP contribution in [0.3, 0.4) is 0 Å². The number of nitrogens with one attached hydrogen (secondary N) is 2. The minimum Gasteiger partial charge on any atom is -0.326 e. The summed E-state index contributed by atoms with van der Waals surface area (Å²) >= 11 is 0. The highest BCUT2D eigenvalue weighted by Crippen LogP contribution is 2.26. The Labute approximate surface area is 128 Å². The smallest absolute Gasteiger partial charge is 0.264 e. The first-order chi connectivity index (χ1) is 10.6. The van der Waals surface area contributed by atoms with Crippen LogP contribution in [-0.4, -0.2) is 16.1 Å². The van der Waals surface area contributed by atoms with Gasteiger partial charge in [0, 0.05) is 23.2 Å². The highest BCUT2D eigenvalue weighted by Gasteiger charge is 2.22. The molecule has 2 aromatic rings. The quantitative estimate of drug-likeness (QED) is 0.914. The van der Waals surface area contributed by atoms with Gasteiger partial charge < -0.3 is 5.32 Å². The molecule has 1 aromatic carbocycles. The van der Waals surface area contributed by atoms with Gasteiger partial charge in [0.2, 0.25) is 5.91 Å². The third-order valence-electron chi connectivity index (χ3n) is 4.15. The van der Waals surface area contributed by atoms with Gasteiger partial charge in [-0.3, -0.25) is 9.59 Å². The van der Waals surface area contributed by atoms with Crippen LogP contribution in [0.15, 0.2) is 35.1 Å². The van der Waals surface area contributed by atoms with Gasteiger partial charge in [-0.25, -0.2) is 5.10 Å². The van der Waals surface area contributed by atoms with Crippen molar-refractivity contribution >= 4 is 11.6 Å². The zero-order valence-electron chi connectivity index (χ0n) is 12.6. The Bertz CT molecular complexity index is 728. The number of hydrogen-bond acceptors (Lipinski definition) is 3. The lowest BCUT2D eigenvalue weighted by Gasteiger charge is -2.11. The Morgan fingerprint density at radius 1 is 1.23 bits per heavy atom. The first kappa shape index (κ1) is 14.5. The van der Waals surface area contributed by atoms with Crippen molar-refractivity contribution in [2.24, 2.45) is 5.92 Å². The lowest BCUT2D eigenvalue weighted by atomic mass is 10.1. The Morgan fingerprint density at radius 3 is 2.55 bits per heavy atom. The molecule has 1 heterocycles. The number of carbonyl (C=O) groups is 1. The van der Waals surface area contributed by atoms with Gasteiger partial charge >= 0.3 is 0 Å².